The molecule has 5 heteroatoms. The zero-order valence-electron chi connectivity index (χ0n) is 11.9. The van der Waals surface area contributed by atoms with Gasteiger partial charge in [-0.3, -0.25) is 9.59 Å². The van der Waals surface area contributed by atoms with Gasteiger partial charge in [0.25, 0.3) is 0 Å². The van der Waals surface area contributed by atoms with Gasteiger partial charge in [0.05, 0.1) is 12.8 Å². The molecule has 0 heterocycles. The molecule has 0 spiro atoms. The second kappa shape index (κ2) is 7.65. The molecule has 4 N–H and O–H groups in total. The van der Waals surface area contributed by atoms with E-state index in [0.717, 1.165) is 11.1 Å². The summed E-state index contributed by atoms with van der Waals surface area (Å²) in [6, 6.07) is 7.14. The van der Waals surface area contributed by atoms with Crippen LogP contribution in [0.25, 0.3) is 0 Å². The van der Waals surface area contributed by atoms with Crippen LogP contribution in [-0.4, -0.2) is 23.0 Å². The van der Waals surface area contributed by atoms with Gasteiger partial charge in [-0.25, -0.2) is 0 Å². The molecule has 110 valence electrons. The minimum absolute atomic E-state index is 0.0675. The number of carboxylic acid groups (broad SMARTS) is 1. The Morgan fingerprint density at radius 2 is 1.85 bits per heavy atom. The van der Waals surface area contributed by atoms with Crippen LogP contribution in [0.2, 0.25) is 0 Å². The third kappa shape index (κ3) is 5.01. The molecule has 0 radical (unpaired) electrons. The predicted molar refractivity (Wildman–Crippen MR) is 77.1 cm³/mol. The molecule has 1 amide bonds. The number of rotatable bonds is 7. The first-order chi connectivity index (χ1) is 9.43. The maximum Gasteiger partial charge on any atom is 0.305 e. The van der Waals surface area contributed by atoms with E-state index in [2.05, 4.69) is 5.32 Å². The molecule has 1 atom stereocenters. The molecule has 0 bridgehead atoms. The second-order valence-electron chi connectivity index (χ2n) is 5.17. The number of nitrogens with one attached hydrogen (secondary N) is 1. The Morgan fingerprint density at radius 3 is 2.35 bits per heavy atom. The largest absolute Gasteiger partial charge is 0.481 e. The smallest absolute Gasteiger partial charge is 0.305 e. The summed E-state index contributed by atoms with van der Waals surface area (Å²) in [5.41, 5.74) is 7.44. The van der Waals surface area contributed by atoms with Crippen LogP contribution in [0.15, 0.2) is 24.3 Å². The van der Waals surface area contributed by atoms with Crippen molar-refractivity contribution in [3.63, 3.8) is 0 Å². The van der Waals surface area contributed by atoms with Crippen LogP contribution in [0.4, 0.5) is 0 Å². The maximum atomic E-state index is 12.0. The minimum atomic E-state index is -0.911. The van der Waals surface area contributed by atoms with Crippen LogP contribution in [0.3, 0.4) is 0 Å². The number of benzene rings is 1. The van der Waals surface area contributed by atoms with E-state index in [0.29, 0.717) is 6.54 Å². The standard InChI is InChI=1S/C15H22N2O3/c1-10(2)13(8-15(19)20)17-14(18)7-11-5-3-4-6-12(11)9-16/h3-6,10,13H,7-9,16H2,1-2H3,(H,17,18)(H,19,20). The van der Waals surface area contributed by atoms with Gasteiger partial charge in [0.15, 0.2) is 0 Å². The zero-order chi connectivity index (χ0) is 15.1. The van der Waals surface area contributed by atoms with Gasteiger partial charge in [-0.15, -0.1) is 0 Å². The van der Waals surface area contributed by atoms with Crippen LogP contribution in [0, 0.1) is 5.92 Å². The lowest BCUT2D eigenvalue weighted by Gasteiger charge is -2.21. The number of hydrogen-bond acceptors (Lipinski definition) is 3. The number of aliphatic carboxylic acids is 1. The fraction of sp³-hybridized carbons (Fsp3) is 0.467. The molecule has 0 fully saturated rings. The molecule has 0 saturated carbocycles. The Kier molecular flexibility index (Phi) is 6.18. The molecule has 20 heavy (non-hydrogen) atoms. The van der Waals surface area contributed by atoms with E-state index in [1.165, 1.54) is 0 Å². The highest BCUT2D eigenvalue weighted by Gasteiger charge is 2.19. The van der Waals surface area contributed by atoms with Gasteiger partial charge in [0.2, 0.25) is 5.91 Å². The van der Waals surface area contributed by atoms with Gasteiger partial charge in [-0.1, -0.05) is 38.1 Å². The Labute approximate surface area is 119 Å². The lowest BCUT2D eigenvalue weighted by Crippen LogP contribution is -2.40. The molecule has 0 aliphatic heterocycles. The average molecular weight is 278 g/mol. The molecule has 0 aromatic heterocycles. The van der Waals surface area contributed by atoms with E-state index >= 15 is 0 Å². The summed E-state index contributed by atoms with van der Waals surface area (Å²) in [4.78, 5) is 22.8. The number of amides is 1. The van der Waals surface area contributed by atoms with E-state index in [1.54, 1.807) is 0 Å². The van der Waals surface area contributed by atoms with Crippen LogP contribution in [0.1, 0.15) is 31.4 Å². The highest BCUT2D eigenvalue weighted by atomic mass is 16.4. The van der Waals surface area contributed by atoms with Gasteiger partial charge < -0.3 is 16.2 Å². The fourth-order valence-corrected chi connectivity index (χ4v) is 2.00. The Bertz CT molecular complexity index is 472. The van der Waals surface area contributed by atoms with Crippen molar-refractivity contribution < 1.29 is 14.7 Å². The lowest BCUT2D eigenvalue weighted by atomic mass is 9.99. The van der Waals surface area contributed by atoms with Crippen molar-refractivity contribution in [2.75, 3.05) is 0 Å². The first-order valence-corrected chi connectivity index (χ1v) is 6.72. The highest BCUT2D eigenvalue weighted by Crippen LogP contribution is 2.10. The molecule has 1 rings (SSSR count). The Balaban J connectivity index is 2.68. The number of carbonyl (C=O) groups is 2. The van der Waals surface area contributed by atoms with Crippen molar-refractivity contribution in [2.45, 2.75) is 39.3 Å². The van der Waals surface area contributed by atoms with E-state index in [-0.39, 0.29) is 30.7 Å². The minimum Gasteiger partial charge on any atom is -0.481 e. The van der Waals surface area contributed by atoms with Crippen LogP contribution in [0.5, 0.6) is 0 Å². The zero-order valence-corrected chi connectivity index (χ0v) is 11.9. The van der Waals surface area contributed by atoms with E-state index < -0.39 is 5.97 Å². The van der Waals surface area contributed by atoms with E-state index in [1.807, 2.05) is 38.1 Å². The molecule has 1 aromatic rings. The van der Waals surface area contributed by atoms with Gasteiger partial charge in [-0.2, -0.15) is 0 Å². The lowest BCUT2D eigenvalue weighted by molar-refractivity contribution is -0.138. The normalized spacial score (nSPS) is 12.2. The molecule has 0 aliphatic rings. The van der Waals surface area contributed by atoms with Crippen molar-refractivity contribution in [2.24, 2.45) is 11.7 Å². The molecule has 1 unspecified atom stereocenters. The summed E-state index contributed by atoms with van der Waals surface area (Å²) >= 11 is 0. The quantitative estimate of drug-likeness (QED) is 0.701. The first-order valence-electron chi connectivity index (χ1n) is 6.72. The summed E-state index contributed by atoms with van der Waals surface area (Å²) in [5, 5.41) is 11.6. The molecular weight excluding hydrogens is 256 g/mol. The molecule has 5 nitrogen and oxygen atoms in total. The molecule has 0 saturated heterocycles. The number of carbonyl (C=O) groups excluding carboxylic acids is 1. The van der Waals surface area contributed by atoms with Crippen LogP contribution < -0.4 is 11.1 Å². The van der Waals surface area contributed by atoms with Gasteiger partial charge in [-0.05, 0) is 17.0 Å². The SMILES string of the molecule is CC(C)C(CC(=O)O)NC(=O)Cc1ccccc1CN. The van der Waals surface area contributed by atoms with Crippen molar-refractivity contribution >= 4 is 11.9 Å². The highest BCUT2D eigenvalue weighted by molar-refractivity contribution is 5.80. The van der Waals surface area contributed by atoms with E-state index in [4.69, 9.17) is 10.8 Å². The first kappa shape index (κ1) is 16.2. The summed E-state index contributed by atoms with van der Waals surface area (Å²) in [7, 11) is 0. The van der Waals surface area contributed by atoms with Crippen molar-refractivity contribution in [1.29, 1.82) is 0 Å². The number of hydrogen-bond donors (Lipinski definition) is 3. The summed E-state index contributed by atoms with van der Waals surface area (Å²) in [6.45, 7) is 4.16. The summed E-state index contributed by atoms with van der Waals surface area (Å²) in [5.74, 6) is -1.02. The monoisotopic (exact) mass is 278 g/mol. The predicted octanol–water partition coefficient (Wildman–Crippen LogP) is 1.30. The Morgan fingerprint density at radius 1 is 1.25 bits per heavy atom. The number of nitrogens with two attached hydrogens (primary N) is 1. The summed E-state index contributed by atoms with van der Waals surface area (Å²) in [6.07, 6.45) is 0.151. The van der Waals surface area contributed by atoms with Crippen molar-refractivity contribution in [1.82, 2.24) is 5.32 Å². The van der Waals surface area contributed by atoms with Crippen molar-refractivity contribution in [3.8, 4) is 0 Å². The van der Waals surface area contributed by atoms with Crippen LogP contribution in [-0.2, 0) is 22.6 Å². The van der Waals surface area contributed by atoms with Crippen LogP contribution >= 0.6 is 0 Å². The maximum absolute atomic E-state index is 12.0. The van der Waals surface area contributed by atoms with Crippen molar-refractivity contribution in [3.05, 3.63) is 35.4 Å². The summed E-state index contributed by atoms with van der Waals surface area (Å²) < 4.78 is 0. The average Bonchev–Trinajstić information content (AvgIpc) is 2.37. The Hall–Kier alpha value is -1.88. The van der Waals surface area contributed by atoms with E-state index in [9.17, 15) is 9.59 Å². The van der Waals surface area contributed by atoms with Gasteiger partial charge in [0.1, 0.15) is 0 Å². The van der Waals surface area contributed by atoms with Gasteiger partial charge >= 0.3 is 5.97 Å². The third-order valence-corrected chi connectivity index (χ3v) is 3.23. The third-order valence-electron chi connectivity index (χ3n) is 3.23. The topological polar surface area (TPSA) is 92.4 Å². The molecule has 1 aromatic carbocycles. The molecule has 0 aliphatic carbocycles. The number of carboxylic acids is 1. The van der Waals surface area contributed by atoms with Gasteiger partial charge in [0, 0.05) is 12.6 Å². The molecular formula is C15H22N2O3. The second-order valence-corrected chi connectivity index (χ2v) is 5.17. The fourth-order valence-electron chi connectivity index (χ4n) is 2.00.